The third kappa shape index (κ3) is 1.59. The average Bonchev–Trinajstić information content (AvgIpc) is 2.18. The Hall–Kier alpha value is -0.770. The van der Waals surface area contributed by atoms with Crippen LogP contribution in [0.5, 0.6) is 0 Å². The number of piperazine rings is 1. The quantitative estimate of drug-likeness (QED) is 0.610. The van der Waals surface area contributed by atoms with Crippen LogP contribution >= 0.6 is 0 Å². The topological polar surface area (TPSA) is 26.8 Å². The van der Waals surface area contributed by atoms with Crippen molar-refractivity contribution in [3.63, 3.8) is 0 Å². The molecule has 0 unspecified atom stereocenters. The predicted molar refractivity (Wildman–Crippen MR) is 55.3 cm³/mol. The Balaban J connectivity index is 2.04. The van der Waals surface area contributed by atoms with Crippen molar-refractivity contribution in [2.75, 3.05) is 39.8 Å². The van der Waals surface area contributed by atoms with Crippen LogP contribution in [0, 0.1) is 0 Å². The number of carbonyl (C=O) groups is 1. The summed E-state index contributed by atoms with van der Waals surface area (Å²) in [5.41, 5.74) is 0. The molecule has 0 aromatic rings. The van der Waals surface area contributed by atoms with Gasteiger partial charge in [0, 0.05) is 38.8 Å². The van der Waals surface area contributed by atoms with Crippen LogP contribution in [0.4, 0.5) is 4.79 Å². The molecule has 80 valence electrons. The zero-order valence-electron chi connectivity index (χ0n) is 9.07. The van der Waals surface area contributed by atoms with Crippen LogP contribution in [0.2, 0.25) is 0 Å². The highest BCUT2D eigenvalue weighted by Gasteiger charge is 2.35. The average molecular weight is 197 g/mol. The van der Waals surface area contributed by atoms with Gasteiger partial charge in [-0.25, -0.2) is 4.79 Å². The van der Waals surface area contributed by atoms with Gasteiger partial charge in [0.1, 0.15) is 0 Å². The first-order valence-electron chi connectivity index (χ1n) is 5.46. The maximum atomic E-state index is 11.9. The first-order valence-corrected chi connectivity index (χ1v) is 5.46. The summed E-state index contributed by atoms with van der Waals surface area (Å²) in [5.74, 6) is 0. The van der Waals surface area contributed by atoms with Crippen molar-refractivity contribution in [2.24, 2.45) is 0 Å². The minimum Gasteiger partial charge on any atom is -0.325 e. The summed E-state index contributed by atoms with van der Waals surface area (Å²) in [6.07, 6.45) is 1.13. The first-order chi connectivity index (χ1) is 6.72. The number of nitrogens with zero attached hydrogens (tertiary/aromatic N) is 3. The Kier molecular flexibility index (Phi) is 2.63. The zero-order valence-corrected chi connectivity index (χ0v) is 9.07. The van der Waals surface area contributed by atoms with E-state index < -0.39 is 0 Å². The Bertz CT molecular complexity index is 231. The number of rotatable bonds is 1. The Morgan fingerprint density at radius 2 is 2.14 bits per heavy atom. The first kappa shape index (κ1) is 9.77. The monoisotopic (exact) mass is 197 g/mol. The van der Waals surface area contributed by atoms with Crippen molar-refractivity contribution in [3.05, 3.63) is 0 Å². The third-order valence-electron chi connectivity index (χ3n) is 3.32. The van der Waals surface area contributed by atoms with Crippen LogP contribution in [0.1, 0.15) is 13.3 Å². The number of amides is 2. The van der Waals surface area contributed by atoms with Crippen LogP contribution in [-0.4, -0.2) is 66.5 Å². The highest BCUT2D eigenvalue weighted by Crippen LogP contribution is 2.19. The summed E-state index contributed by atoms with van der Waals surface area (Å²) in [5, 5.41) is 0. The van der Waals surface area contributed by atoms with Crippen LogP contribution in [0.25, 0.3) is 0 Å². The van der Waals surface area contributed by atoms with Gasteiger partial charge >= 0.3 is 6.03 Å². The van der Waals surface area contributed by atoms with Crippen LogP contribution < -0.4 is 0 Å². The molecular weight excluding hydrogens is 178 g/mol. The molecule has 2 fully saturated rings. The van der Waals surface area contributed by atoms with Gasteiger partial charge in [0.2, 0.25) is 0 Å². The van der Waals surface area contributed by atoms with Gasteiger partial charge in [-0.1, -0.05) is 0 Å². The molecule has 4 heteroatoms. The normalized spacial score (nSPS) is 29.3. The molecule has 0 radical (unpaired) electrons. The highest BCUT2D eigenvalue weighted by molar-refractivity contribution is 5.75. The third-order valence-corrected chi connectivity index (χ3v) is 3.32. The summed E-state index contributed by atoms with van der Waals surface area (Å²) in [6, 6.07) is 0.709. The molecular formula is C10H19N3O. The molecule has 0 aromatic heterocycles. The Morgan fingerprint density at radius 1 is 1.36 bits per heavy atom. The lowest BCUT2D eigenvalue weighted by Gasteiger charge is -2.46. The Morgan fingerprint density at radius 3 is 2.86 bits per heavy atom. The van der Waals surface area contributed by atoms with E-state index in [0.717, 1.165) is 39.1 Å². The zero-order chi connectivity index (χ0) is 10.1. The van der Waals surface area contributed by atoms with Crippen molar-refractivity contribution in [1.82, 2.24) is 14.7 Å². The van der Waals surface area contributed by atoms with E-state index >= 15 is 0 Å². The number of likely N-dealkylation sites (N-methyl/N-ethyl adjacent to an activating group) is 1. The molecule has 4 nitrogen and oxygen atoms in total. The lowest BCUT2D eigenvalue weighted by molar-refractivity contribution is 0.0545. The van der Waals surface area contributed by atoms with Gasteiger partial charge in [0.15, 0.2) is 0 Å². The van der Waals surface area contributed by atoms with Gasteiger partial charge in [-0.3, -0.25) is 0 Å². The molecule has 0 N–H and O–H groups in total. The van der Waals surface area contributed by atoms with Crippen molar-refractivity contribution in [2.45, 2.75) is 19.4 Å². The smallest absolute Gasteiger partial charge is 0.320 e. The molecule has 2 rings (SSSR count). The van der Waals surface area contributed by atoms with Gasteiger partial charge in [0.25, 0.3) is 0 Å². The second kappa shape index (κ2) is 3.77. The molecule has 0 saturated carbocycles. The fourth-order valence-corrected chi connectivity index (χ4v) is 2.39. The minimum atomic E-state index is 0.247. The van der Waals surface area contributed by atoms with E-state index in [-0.39, 0.29) is 6.03 Å². The molecule has 2 amide bonds. The summed E-state index contributed by atoms with van der Waals surface area (Å²) < 4.78 is 0. The van der Waals surface area contributed by atoms with Gasteiger partial charge in [-0.15, -0.1) is 0 Å². The lowest BCUT2D eigenvalue weighted by atomic mass is 10.1. The van der Waals surface area contributed by atoms with Crippen molar-refractivity contribution in [3.8, 4) is 0 Å². The van der Waals surface area contributed by atoms with Crippen LogP contribution in [0.15, 0.2) is 0 Å². The summed E-state index contributed by atoms with van der Waals surface area (Å²) in [4.78, 5) is 18.2. The molecule has 0 bridgehead atoms. The number of fused-ring (bicyclic) bond motifs is 1. The Labute approximate surface area is 85.5 Å². The van der Waals surface area contributed by atoms with Crippen LogP contribution in [0.3, 0.4) is 0 Å². The van der Waals surface area contributed by atoms with E-state index in [1.165, 1.54) is 0 Å². The fourth-order valence-electron chi connectivity index (χ4n) is 2.39. The molecule has 2 saturated heterocycles. The summed E-state index contributed by atoms with van der Waals surface area (Å²) in [6.45, 7) is 6.79. The number of carbonyl (C=O) groups excluding carboxylic acids is 1. The second-order valence-corrected chi connectivity index (χ2v) is 4.26. The van der Waals surface area contributed by atoms with Gasteiger partial charge in [-0.05, 0) is 20.4 Å². The van der Waals surface area contributed by atoms with E-state index in [2.05, 4.69) is 11.9 Å². The standard InChI is InChI=1S/C10H19N3O/c1-3-12-5-4-9-8-11(2)6-7-13(9)10(12)14/h9H,3-8H2,1-2H3/t9-/m1/s1. The largest absolute Gasteiger partial charge is 0.325 e. The van der Waals surface area contributed by atoms with E-state index in [0.29, 0.717) is 6.04 Å². The van der Waals surface area contributed by atoms with Gasteiger partial charge in [-0.2, -0.15) is 0 Å². The van der Waals surface area contributed by atoms with Crippen molar-refractivity contribution < 1.29 is 4.79 Å². The molecule has 0 aliphatic carbocycles. The minimum absolute atomic E-state index is 0.247. The molecule has 2 aliphatic heterocycles. The molecule has 0 aromatic carbocycles. The highest BCUT2D eigenvalue weighted by atomic mass is 16.2. The number of hydrogen-bond acceptors (Lipinski definition) is 2. The molecule has 2 aliphatic rings. The van der Waals surface area contributed by atoms with E-state index in [4.69, 9.17) is 0 Å². The number of urea groups is 1. The summed E-state index contributed by atoms with van der Waals surface area (Å²) >= 11 is 0. The molecule has 1 atom stereocenters. The van der Waals surface area contributed by atoms with Crippen molar-refractivity contribution in [1.29, 1.82) is 0 Å². The molecule has 0 spiro atoms. The van der Waals surface area contributed by atoms with Crippen LogP contribution in [-0.2, 0) is 0 Å². The molecule has 2 heterocycles. The summed E-state index contributed by atoms with van der Waals surface area (Å²) in [7, 11) is 2.13. The van der Waals surface area contributed by atoms with Gasteiger partial charge in [0.05, 0.1) is 0 Å². The lowest BCUT2D eigenvalue weighted by Crippen LogP contribution is -2.61. The second-order valence-electron chi connectivity index (χ2n) is 4.26. The van der Waals surface area contributed by atoms with E-state index in [9.17, 15) is 4.79 Å². The maximum absolute atomic E-state index is 11.9. The fraction of sp³-hybridized carbons (Fsp3) is 0.900. The van der Waals surface area contributed by atoms with E-state index in [1.807, 2.05) is 16.7 Å². The SMILES string of the molecule is CCN1CC[C@@H]2CN(C)CCN2C1=O. The van der Waals surface area contributed by atoms with Gasteiger partial charge < -0.3 is 14.7 Å². The van der Waals surface area contributed by atoms with E-state index in [1.54, 1.807) is 0 Å². The maximum Gasteiger partial charge on any atom is 0.320 e. The predicted octanol–water partition coefficient (Wildman–Crippen LogP) is 0.448. The number of hydrogen-bond donors (Lipinski definition) is 0. The molecule has 14 heavy (non-hydrogen) atoms. The van der Waals surface area contributed by atoms with Crippen molar-refractivity contribution >= 4 is 6.03 Å².